The van der Waals surface area contributed by atoms with Gasteiger partial charge in [-0.25, -0.2) is 0 Å². The Kier molecular flexibility index (Phi) is 2.17. The van der Waals surface area contributed by atoms with Gasteiger partial charge in [0, 0.05) is 11.4 Å². The number of nitrogens with two attached hydrogens (primary N) is 1. The van der Waals surface area contributed by atoms with Gasteiger partial charge in [0.25, 0.3) is 0 Å². The number of fused-ring (bicyclic) bond motifs is 1. The highest BCUT2D eigenvalue weighted by Crippen LogP contribution is 2.31. The molecule has 82 valence electrons. The maximum absolute atomic E-state index is 5.99. The Morgan fingerprint density at radius 2 is 2.06 bits per heavy atom. The second kappa shape index (κ2) is 3.67. The minimum Gasteiger partial charge on any atom is -0.396 e. The van der Waals surface area contributed by atoms with Crippen molar-refractivity contribution < 1.29 is 0 Å². The maximum Gasteiger partial charge on any atom is 0.0743 e. The van der Waals surface area contributed by atoms with Crippen molar-refractivity contribution in [3.8, 4) is 0 Å². The van der Waals surface area contributed by atoms with E-state index in [2.05, 4.69) is 16.4 Å². The van der Waals surface area contributed by atoms with E-state index in [1.54, 1.807) is 6.20 Å². The maximum atomic E-state index is 5.99. The van der Waals surface area contributed by atoms with Gasteiger partial charge in [0.2, 0.25) is 0 Å². The van der Waals surface area contributed by atoms with Crippen LogP contribution in [0.15, 0.2) is 30.5 Å². The van der Waals surface area contributed by atoms with Crippen LogP contribution >= 0.6 is 0 Å². The standard InChI is InChI=1S/C13H15N3/c14-11-8-15-12-7-2-1-6-10(12)13(11)16-9-4-3-5-9/h1-2,6-9H,3-5,14H2,(H,15,16). The van der Waals surface area contributed by atoms with Gasteiger partial charge in [-0.2, -0.15) is 0 Å². The largest absolute Gasteiger partial charge is 0.396 e. The Labute approximate surface area is 94.7 Å². The monoisotopic (exact) mass is 213 g/mol. The fraction of sp³-hybridized carbons (Fsp3) is 0.308. The van der Waals surface area contributed by atoms with E-state index in [-0.39, 0.29) is 0 Å². The van der Waals surface area contributed by atoms with Crippen LogP contribution in [0.3, 0.4) is 0 Å². The van der Waals surface area contributed by atoms with E-state index in [1.165, 1.54) is 19.3 Å². The van der Waals surface area contributed by atoms with E-state index < -0.39 is 0 Å². The van der Waals surface area contributed by atoms with E-state index in [1.807, 2.05) is 18.2 Å². The van der Waals surface area contributed by atoms with Crippen LogP contribution in [0.5, 0.6) is 0 Å². The van der Waals surface area contributed by atoms with Crippen LogP contribution in [0, 0.1) is 0 Å². The Bertz CT molecular complexity index is 518. The highest BCUT2D eigenvalue weighted by molar-refractivity contribution is 5.96. The number of pyridine rings is 1. The summed E-state index contributed by atoms with van der Waals surface area (Å²) in [7, 11) is 0. The second-order valence-electron chi connectivity index (χ2n) is 4.38. The third-order valence-electron chi connectivity index (χ3n) is 3.26. The fourth-order valence-electron chi connectivity index (χ4n) is 2.07. The van der Waals surface area contributed by atoms with E-state index in [0.29, 0.717) is 6.04 Å². The van der Waals surface area contributed by atoms with Crippen molar-refractivity contribution >= 4 is 22.3 Å². The van der Waals surface area contributed by atoms with Crippen LogP contribution in [-0.2, 0) is 0 Å². The molecule has 3 N–H and O–H groups in total. The summed E-state index contributed by atoms with van der Waals surface area (Å²) in [6, 6.07) is 8.70. The first-order valence-corrected chi connectivity index (χ1v) is 5.74. The number of nitrogens with zero attached hydrogens (tertiary/aromatic N) is 1. The topological polar surface area (TPSA) is 50.9 Å². The summed E-state index contributed by atoms with van der Waals surface area (Å²) in [4.78, 5) is 4.33. The summed E-state index contributed by atoms with van der Waals surface area (Å²) >= 11 is 0. The highest BCUT2D eigenvalue weighted by Gasteiger charge is 2.18. The molecule has 0 unspecified atom stereocenters. The summed E-state index contributed by atoms with van der Waals surface area (Å²) < 4.78 is 0. The van der Waals surface area contributed by atoms with Crippen molar-refractivity contribution in [2.24, 2.45) is 0 Å². The molecule has 0 spiro atoms. The smallest absolute Gasteiger partial charge is 0.0743 e. The summed E-state index contributed by atoms with van der Waals surface area (Å²) in [6.45, 7) is 0. The molecule has 1 fully saturated rings. The van der Waals surface area contributed by atoms with Gasteiger partial charge in [-0.3, -0.25) is 4.98 Å². The molecule has 16 heavy (non-hydrogen) atoms. The number of rotatable bonds is 2. The molecule has 0 saturated heterocycles. The van der Waals surface area contributed by atoms with Crippen molar-refractivity contribution in [3.63, 3.8) is 0 Å². The van der Waals surface area contributed by atoms with Crippen LogP contribution in [0.4, 0.5) is 11.4 Å². The molecule has 1 aliphatic rings. The predicted molar refractivity (Wildman–Crippen MR) is 67.4 cm³/mol. The number of hydrogen-bond donors (Lipinski definition) is 2. The summed E-state index contributed by atoms with van der Waals surface area (Å²) in [5.74, 6) is 0. The van der Waals surface area contributed by atoms with Crippen molar-refractivity contribution in [2.45, 2.75) is 25.3 Å². The molecular weight excluding hydrogens is 198 g/mol. The normalized spacial score (nSPS) is 16.0. The van der Waals surface area contributed by atoms with Gasteiger partial charge in [0.15, 0.2) is 0 Å². The third kappa shape index (κ3) is 1.48. The lowest BCUT2D eigenvalue weighted by molar-refractivity contribution is 0.446. The lowest BCUT2D eigenvalue weighted by Crippen LogP contribution is -2.27. The molecule has 1 heterocycles. The molecule has 0 bridgehead atoms. The Hall–Kier alpha value is -1.77. The van der Waals surface area contributed by atoms with Gasteiger partial charge in [-0.15, -0.1) is 0 Å². The van der Waals surface area contributed by atoms with Gasteiger partial charge in [-0.1, -0.05) is 18.2 Å². The van der Waals surface area contributed by atoms with E-state index >= 15 is 0 Å². The molecule has 0 radical (unpaired) electrons. The van der Waals surface area contributed by atoms with E-state index in [0.717, 1.165) is 22.3 Å². The van der Waals surface area contributed by atoms with Crippen molar-refractivity contribution in [1.82, 2.24) is 4.98 Å². The average Bonchev–Trinajstić information content (AvgIpc) is 2.25. The number of nitrogen functional groups attached to an aromatic ring is 1. The molecular formula is C13H15N3. The SMILES string of the molecule is Nc1cnc2ccccc2c1NC1CCC1. The summed E-state index contributed by atoms with van der Waals surface area (Å²) in [5.41, 5.74) is 8.78. The van der Waals surface area contributed by atoms with Gasteiger partial charge in [0.05, 0.1) is 23.1 Å². The molecule has 1 aromatic carbocycles. The second-order valence-corrected chi connectivity index (χ2v) is 4.38. The van der Waals surface area contributed by atoms with Crippen LogP contribution in [-0.4, -0.2) is 11.0 Å². The zero-order valence-electron chi connectivity index (χ0n) is 9.11. The Morgan fingerprint density at radius 3 is 2.81 bits per heavy atom. The van der Waals surface area contributed by atoms with Crippen LogP contribution in [0.2, 0.25) is 0 Å². The van der Waals surface area contributed by atoms with Gasteiger partial charge in [0.1, 0.15) is 0 Å². The number of benzene rings is 1. The lowest BCUT2D eigenvalue weighted by atomic mass is 9.92. The molecule has 1 aromatic heterocycles. The zero-order valence-corrected chi connectivity index (χ0v) is 9.11. The predicted octanol–water partition coefficient (Wildman–Crippen LogP) is 2.78. The number of nitrogens with one attached hydrogen (secondary N) is 1. The van der Waals surface area contributed by atoms with Gasteiger partial charge < -0.3 is 11.1 Å². The first kappa shape index (κ1) is 9.46. The summed E-state index contributed by atoms with van der Waals surface area (Å²) in [6.07, 6.45) is 5.55. The van der Waals surface area contributed by atoms with Crippen LogP contribution in [0.25, 0.3) is 10.9 Å². The van der Waals surface area contributed by atoms with E-state index in [4.69, 9.17) is 5.73 Å². The van der Waals surface area contributed by atoms with Crippen molar-refractivity contribution in [3.05, 3.63) is 30.5 Å². The molecule has 0 atom stereocenters. The Balaban J connectivity index is 2.08. The first-order valence-electron chi connectivity index (χ1n) is 5.74. The molecule has 0 aliphatic heterocycles. The zero-order chi connectivity index (χ0) is 11.0. The summed E-state index contributed by atoms with van der Waals surface area (Å²) in [5, 5.41) is 4.64. The molecule has 1 saturated carbocycles. The third-order valence-corrected chi connectivity index (χ3v) is 3.26. The molecule has 0 amide bonds. The quantitative estimate of drug-likeness (QED) is 0.806. The average molecular weight is 213 g/mol. The molecule has 2 aromatic rings. The van der Waals surface area contributed by atoms with Gasteiger partial charge >= 0.3 is 0 Å². The first-order chi connectivity index (χ1) is 7.84. The van der Waals surface area contributed by atoms with Crippen LogP contribution < -0.4 is 11.1 Å². The highest BCUT2D eigenvalue weighted by atomic mass is 15.0. The molecule has 3 nitrogen and oxygen atoms in total. The van der Waals surface area contributed by atoms with Crippen LogP contribution in [0.1, 0.15) is 19.3 Å². The van der Waals surface area contributed by atoms with Crippen molar-refractivity contribution in [1.29, 1.82) is 0 Å². The lowest BCUT2D eigenvalue weighted by Gasteiger charge is -2.28. The fourth-order valence-corrected chi connectivity index (χ4v) is 2.07. The van der Waals surface area contributed by atoms with Gasteiger partial charge in [-0.05, 0) is 25.3 Å². The number of aromatic nitrogens is 1. The molecule has 1 aliphatic carbocycles. The molecule has 3 heteroatoms. The number of anilines is 2. The number of hydrogen-bond acceptors (Lipinski definition) is 3. The van der Waals surface area contributed by atoms with E-state index in [9.17, 15) is 0 Å². The van der Waals surface area contributed by atoms with Crippen molar-refractivity contribution in [2.75, 3.05) is 11.1 Å². The molecule has 3 rings (SSSR count). The minimum absolute atomic E-state index is 0.591. The Morgan fingerprint density at radius 1 is 1.25 bits per heavy atom. The minimum atomic E-state index is 0.591. The number of para-hydroxylation sites is 1.